The van der Waals surface area contributed by atoms with E-state index in [0.717, 1.165) is 40.2 Å². The van der Waals surface area contributed by atoms with Gasteiger partial charge in [0, 0.05) is 29.7 Å². The number of aromatic nitrogens is 3. The number of benzene rings is 2. The van der Waals surface area contributed by atoms with Crippen LogP contribution in [-0.2, 0) is 24.3 Å². The Morgan fingerprint density at radius 1 is 1.39 bits per heavy atom. The first kappa shape index (κ1) is 21.1. The number of ether oxygens (including phenoxy) is 2. The molecule has 0 fully saturated rings. The summed E-state index contributed by atoms with van der Waals surface area (Å²) in [6.07, 6.45) is 1.01. The minimum absolute atomic E-state index is 0.0705. The molecule has 0 aliphatic carbocycles. The molecule has 1 atom stereocenters. The Kier molecular flexibility index (Phi) is 6.08. The second-order valence-electron chi connectivity index (χ2n) is 7.72. The third kappa shape index (κ3) is 4.64. The fourth-order valence-corrected chi connectivity index (χ4v) is 3.97. The van der Waals surface area contributed by atoms with E-state index in [-0.39, 0.29) is 18.6 Å². The number of carbonyl (C=O) groups is 1. The fourth-order valence-electron chi connectivity index (χ4n) is 3.77. The molecule has 1 amide bonds. The van der Waals surface area contributed by atoms with Crippen molar-refractivity contribution in [2.75, 3.05) is 6.61 Å². The molecule has 1 aromatic heterocycles. The van der Waals surface area contributed by atoms with Crippen LogP contribution in [0.25, 0.3) is 11.4 Å². The highest BCUT2D eigenvalue weighted by Gasteiger charge is 2.22. The Balaban J connectivity index is 1.49. The van der Waals surface area contributed by atoms with Crippen LogP contribution in [-0.4, -0.2) is 33.4 Å². The van der Waals surface area contributed by atoms with Gasteiger partial charge in [-0.1, -0.05) is 23.8 Å². The van der Waals surface area contributed by atoms with E-state index < -0.39 is 0 Å². The zero-order chi connectivity index (χ0) is 22.0. The third-order valence-corrected chi connectivity index (χ3v) is 5.50. The van der Waals surface area contributed by atoms with Crippen molar-refractivity contribution in [3.8, 4) is 22.9 Å². The minimum atomic E-state index is -0.163. The van der Waals surface area contributed by atoms with Crippen LogP contribution in [0, 0.1) is 11.7 Å². The summed E-state index contributed by atoms with van der Waals surface area (Å²) in [6, 6.07) is 11.9. The van der Waals surface area contributed by atoms with Gasteiger partial charge in [-0.15, -0.1) is 0 Å². The normalized spacial score (nSPS) is 14.7. The molecule has 162 valence electrons. The van der Waals surface area contributed by atoms with Crippen molar-refractivity contribution in [2.45, 2.75) is 46.4 Å². The van der Waals surface area contributed by atoms with Crippen molar-refractivity contribution in [2.24, 2.45) is 0 Å². The molecule has 2 N–H and O–H groups in total. The van der Waals surface area contributed by atoms with E-state index in [9.17, 15) is 4.79 Å². The number of carbonyl (C=O) groups excluding carboxylic acids is 1. The van der Waals surface area contributed by atoms with E-state index in [1.54, 1.807) is 4.57 Å². The molecular formula is C23H26N4O3S. The molecule has 7 nitrogen and oxygen atoms in total. The fraction of sp³-hybridized carbons (Fsp3) is 0.348. The highest BCUT2D eigenvalue weighted by Crippen LogP contribution is 2.35. The molecule has 2 aromatic carbocycles. The molecule has 0 saturated carbocycles. The van der Waals surface area contributed by atoms with Crippen LogP contribution in [0.4, 0.5) is 0 Å². The van der Waals surface area contributed by atoms with Crippen LogP contribution in [0.1, 0.15) is 30.5 Å². The summed E-state index contributed by atoms with van der Waals surface area (Å²) in [7, 11) is 0. The van der Waals surface area contributed by atoms with Crippen LogP contribution in [0.15, 0.2) is 36.4 Å². The Morgan fingerprint density at radius 3 is 3.00 bits per heavy atom. The van der Waals surface area contributed by atoms with E-state index in [1.807, 2.05) is 57.2 Å². The number of rotatable bonds is 7. The molecule has 1 aliphatic rings. The molecule has 1 aliphatic heterocycles. The number of hydrogen-bond acceptors (Lipinski definition) is 5. The largest absolute Gasteiger partial charge is 0.494 e. The third-order valence-electron chi connectivity index (χ3n) is 5.19. The molecule has 0 saturated heterocycles. The van der Waals surface area contributed by atoms with Crippen molar-refractivity contribution in [1.29, 1.82) is 0 Å². The van der Waals surface area contributed by atoms with Gasteiger partial charge < -0.3 is 14.8 Å². The van der Waals surface area contributed by atoms with Gasteiger partial charge in [0.2, 0.25) is 5.91 Å². The SMILES string of the molecule is CCOc1cc2c(cc1CNC(=O)Cn1c(-c3cccc(C)c3)n[nH]c1=S)OC(C)C2. The van der Waals surface area contributed by atoms with Crippen LogP contribution in [0.3, 0.4) is 0 Å². The van der Waals surface area contributed by atoms with Crippen molar-refractivity contribution in [3.63, 3.8) is 0 Å². The molecule has 0 bridgehead atoms. The first-order valence-electron chi connectivity index (χ1n) is 10.4. The second-order valence-corrected chi connectivity index (χ2v) is 8.10. The summed E-state index contributed by atoms with van der Waals surface area (Å²) >= 11 is 5.35. The van der Waals surface area contributed by atoms with Gasteiger partial charge in [0.05, 0.1) is 6.61 Å². The van der Waals surface area contributed by atoms with Crippen molar-refractivity contribution in [3.05, 3.63) is 57.9 Å². The zero-order valence-electron chi connectivity index (χ0n) is 17.9. The average Bonchev–Trinajstić information content (AvgIpc) is 3.27. The maximum Gasteiger partial charge on any atom is 0.240 e. The van der Waals surface area contributed by atoms with E-state index in [1.165, 1.54) is 0 Å². The lowest BCUT2D eigenvalue weighted by Crippen LogP contribution is -2.27. The van der Waals surface area contributed by atoms with E-state index >= 15 is 0 Å². The predicted molar refractivity (Wildman–Crippen MR) is 121 cm³/mol. The molecule has 2 heterocycles. The van der Waals surface area contributed by atoms with E-state index in [2.05, 4.69) is 15.5 Å². The monoisotopic (exact) mass is 438 g/mol. The van der Waals surface area contributed by atoms with Gasteiger partial charge in [-0.25, -0.2) is 0 Å². The summed E-state index contributed by atoms with van der Waals surface area (Å²) < 4.78 is 13.8. The number of fused-ring (bicyclic) bond motifs is 1. The van der Waals surface area contributed by atoms with Crippen molar-refractivity contribution < 1.29 is 14.3 Å². The zero-order valence-corrected chi connectivity index (χ0v) is 18.7. The summed E-state index contributed by atoms with van der Waals surface area (Å²) in [5, 5.41) is 10.1. The highest BCUT2D eigenvalue weighted by molar-refractivity contribution is 7.71. The Labute approximate surface area is 186 Å². The number of nitrogens with one attached hydrogen (secondary N) is 2. The van der Waals surface area contributed by atoms with Gasteiger partial charge in [0.15, 0.2) is 10.6 Å². The average molecular weight is 439 g/mol. The van der Waals surface area contributed by atoms with Gasteiger partial charge in [0.1, 0.15) is 24.1 Å². The standard InChI is InChI=1S/C23H26N4O3S/c1-4-29-19-10-17-9-15(3)30-20(17)11-18(19)12-24-21(28)13-27-22(25-26-23(27)31)16-7-5-6-14(2)8-16/h5-8,10-11,15H,4,9,12-13H2,1-3H3,(H,24,28)(H,26,31). The highest BCUT2D eigenvalue weighted by atomic mass is 32.1. The molecule has 3 aromatic rings. The Morgan fingerprint density at radius 2 is 2.23 bits per heavy atom. The molecule has 4 rings (SSSR count). The lowest BCUT2D eigenvalue weighted by Gasteiger charge is -2.14. The summed E-state index contributed by atoms with van der Waals surface area (Å²) in [5.74, 6) is 2.11. The Bertz CT molecular complexity index is 1170. The van der Waals surface area contributed by atoms with Gasteiger partial charge in [-0.3, -0.25) is 14.5 Å². The molecule has 8 heteroatoms. The maximum atomic E-state index is 12.7. The van der Waals surface area contributed by atoms with E-state index in [4.69, 9.17) is 21.7 Å². The van der Waals surface area contributed by atoms with Crippen molar-refractivity contribution in [1.82, 2.24) is 20.1 Å². The smallest absolute Gasteiger partial charge is 0.240 e. The van der Waals surface area contributed by atoms with Gasteiger partial charge >= 0.3 is 0 Å². The first-order valence-corrected chi connectivity index (χ1v) is 10.8. The number of amides is 1. The lowest BCUT2D eigenvalue weighted by molar-refractivity contribution is -0.121. The minimum Gasteiger partial charge on any atom is -0.494 e. The molecule has 0 radical (unpaired) electrons. The Hall–Kier alpha value is -3.13. The molecule has 1 unspecified atom stereocenters. The van der Waals surface area contributed by atoms with Gasteiger partial charge in [-0.05, 0) is 51.2 Å². The molecular weight excluding hydrogens is 412 g/mol. The number of aryl methyl sites for hydroxylation is 1. The number of H-pyrrole nitrogens is 1. The van der Waals surface area contributed by atoms with Crippen LogP contribution >= 0.6 is 12.2 Å². The predicted octanol–water partition coefficient (Wildman–Crippen LogP) is 3.95. The summed E-state index contributed by atoms with van der Waals surface area (Å²) in [5.41, 5.74) is 4.04. The summed E-state index contributed by atoms with van der Waals surface area (Å²) in [4.78, 5) is 12.7. The molecule has 0 spiro atoms. The number of hydrogen-bond donors (Lipinski definition) is 2. The number of nitrogens with zero attached hydrogens (tertiary/aromatic N) is 2. The second kappa shape index (κ2) is 8.93. The quantitative estimate of drug-likeness (QED) is 0.546. The summed E-state index contributed by atoms with van der Waals surface area (Å²) in [6.45, 7) is 6.97. The van der Waals surface area contributed by atoms with Crippen LogP contribution < -0.4 is 14.8 Å². The van der Waals surface area contributed by atoms with Crippen molar-refractivity contribution >= 4 is 18.1 Å². The maximum absolute atomic E-state index is 12.7. The van der Waals surface area contributed by atoms with Crippen LogP contribution in [0.5, 0.6) is 11.5 Å². The van der Waals surface area contributed by atoms with Crippen LogP contribution in [0.2, 0.25) is 0 Å². The molecule has 31 heavy (non-hydrogen) atoms. The van der Waals surface area contributed by atoms with Gasteiger partial charge in [0.25, 0.3) is 0 Å². The topological polar surface area (TPSA) is 81.2 Å². The van der Waals surface area contributed by atoms with Gasteiger partial charge in [-0.2, -0.15) is 5.10 Å². The van der Waals surface area contributed by atoms with E-state index in [0.29, 0.717) is 23.7 Å². The lowest BCUT2D eigenvalue weighted by atomic mass is 10.1. The number of aromatic amines is 1. The first-order chi connectivity index (χ1) is 14.9.